The third-order valence-electron chi connectivity index (χ3n) is 1.49. The fourth-order valence-corrected chi connectivity index (χ4v) is 0.794. The fraction of sp³-hybridized carbons (Fsp3) is 0.900. The molecule has 90 valence electrons. The zero-order chi connectivity index (χ0) is 11.9. The second-order valence-corrected chi connectivity index (χ2v) is 4.24. The number of hydrogen-bond acceptors (Lipinski definition) is 4. The van der Waals surface area contributed by atoms with E-state index in [0.29, 0.717) is 19.4 Å². The first kappa shape index (κ1) is 14.2. The van der Waals surface area contributed by atoms with Crippen LogP contribution in [0.3, 0.4) is 0 Å². The van der Waals surface area contributed by atoms with E-state index in [2.05, 4.69) is 0 Å². The van der Waals surface area contributed by atoms with Gasteiger partial charge in [0.05, 0.1) is 6.61 Å². The van der Waals surface area contributed by atoms with Gasteiger partial charge in [-0.15, -0.1) is 0 Å². The first-order valence-corrected chi connectivity index (χ1v) is 5.07. The molecular formula is C10H21NO4. The van der Waals surface area contributed by atoms with Gasteiger partial charge in [-0.25, -0.2) is 4.79 Å². The molecule has 5 nitrogen and oxygen atoms in total. The largest absolute Gasteiger partial charge is 0.442 e. The molecule has 0 saturated carbocycles. The molecule has 5 heteroatoms. The highest BCUT2D eigenvalue weighted by atomic mass is 16.7. The van der Waals surface area contributed by atoms with Crippen molar-refractivity contribution in [1.82, 2.24) is 5.06 Å². The Balaban J connectivity index is 3.70. The molecule has 1 N–H and O–H groups in total. The van der Waals surface area contributed by atoms with Crippen molar-refractivity contribution in [3.63, 3.8) is 0 Å². The lowest BCUT2D eigenvalue weighted by Crippen LogP contribution is -2.34. The highest BCUT2D eigenvalue weighted by Gasteiger charge is 2.19. The van der Waals surface area contributed by atoms with Gasteiger partial charge >= 0.3 is 6.09 Å². The van der Waals surface area contributed by atoms with Crippen LogP contribution in [0.5, 0.6) is 0 Å². The quantitative estimate of drug-likeness (QED) is 0.563. The molecule has 0 unspecified atom stereocenters. The minimum absolute atomic E-state index is 0.138. The number of aliphatic hydroxyl groups excluding tert-OH is 1. The van der Waals surface area contributed by atoms with E-state index in [1.165, 1.54) is 7.05 Å². The summed E-state index contributed by atoms with van der Waals surface area (Å²) in [7, 11) is 1.51. The second-order valence-electron chi connectivity index (χ2n) is 4.24. The van der Waals surface area contributed by atoms with Crippen LogP contribution in [0, 0.1) is 0 Å². The zero-order valence-corrected chi connectivity index (χ0v) is 9.95. The Hall–Kier alpha value is -0.810. The van der Waals surface area contributed by atoms with Gasteiger partial charge in [0.15, 0.2) is 0 Å². The number of carbonyl (C=O) groups is 1. The SMILES string of the molecule is CN(OCCCCO)C(=O)OC(C)(C)C. The molecule has 0 aromatic heterocycles. The van der Waals surface area contributed by atoms with Crippen LogP contribution in [0.2, 0.25) is 0 Å². The van der Waals surface area contributed by atoms with Crippen LogP contribution in [0.25, 0.3) is 0 Å². The van der Waals surface area contributed by atoms with Crippen LogP contribution in [0.1, 0.15) is 33.6 Å². The number of rotatable bonds is 5. The molecule has 0 radical (unpaired) electrons. The van der Waals surface area contributed by atoms with Crippen molar-refractivity contribution in [1.29, 1.82) is 0 Å². The van der Waals surface area contributed by atoms with Gasteiger partial charge in [-0.05, 0) is 33.6 Å². The minimum Gasteiger partial charge on any atom is -0.442 e. The number of aliphatic hydroxyl groups is 1. The molecular weight excluding hydrogens is 198 g/mol. The predicted octanol–water partition coefficient (Wildman–Crippen LogP) is 1.56. The number of ether oxygens (including phenoxy) is 1. The van der Waals surface area contributed by atoms with Gasteiger partial charge in [0, 0.05) is 13.7 Å². The van der Waals surface area contributed by atoms with E-state index in [9.17, 15) is 4.79 Å². The summed E-state index contributed by atoms with van der Waals surface area (Å²) in [5.74, 6) is 0. The first-order valence-electron chi connectivity index (χ1n) is 5.07. The summed E-state index contributed by atoms with van der Waals surface area (Å²) in [6.45, 7) is 5.93. The summed E-state index contributed by atoms with van der Waals surface area (Å²) in [6, 6.07) is 0. The zero-order valence-electron chi connectivity index (χ0n) is 9.95. The number of nitrogens with zero attached hydrogens (tertiary/aromatic N) is 1. The molecule has 0 aromatic carbocycles. The second kappa shape index (κ2) is 6.63. The maximum Gasteiger partial charge on any atom is 0.434 e. The van der Waals surface area contributed by atoms with E-state index >= 15 is 0 Å². The lowest BCUT2D eigenvalue weighted by Gasteiger charge is -2.23. The molecule has 0 aromatic rings. The number of amides is 1. The smallest absolute Gasteiger partial charge is 0.434 e. The van der Waals surface area contributed by atoms with E-state index < -0.39 is 11.7 Å². The first-order chi connectivity index (χ1) is 6.87. The summed E-state index contributed by atoms with van der Waals surface area (Å²) in [6.07, 6.45) is 0.873. The van der Waals surface area contributed by atoms with E-state index in [1.54, 1.807) is 20.8 Å². The highest BCUT2D eigenvalue weighted by Crippen LogP contribution is 2.09. The number of unbranched alkanes of at least 4 members (excludes halogenated alkanes) is 1. The average Bonchev–Trinajstić information content (AvgIpc) is 2.09. The molecule has 0 spiro atoms. The summed E-state index contributed by atoms with van der Waals surface area (Å²) in [5, 5.41) is 9.60. The Morgan fingerprint density at radius 2 is 1.93 bits per heavy atom. The van der Waals surface area contributed by atoms with E-state index in [1.807, 2.05) is 0 Å². The molecule has 0 heterocycles. The van der Waals surface area contributed by atoms with Crippen molar-refractivity contribution in [3.8, 4) is 0 Å². The van der Waals surface area contributed by atoms with Crippen molar-refractivity contribution >= 4 is 6.09 Å². The van der Waals surface area contributed by atoms with Crippen molar-refractivity contribution in [2.75, 3.05) is 20.3 Å². The number of carbonyl (C=O) groups excluding carboxylic acids is 1. The Kier molecular flexibility index (Phi) is 6.27. The van der Waals surface area contributed by atoms with E-state index in [4.69, 9.17) is 14.7 Å². The molecule has 0 saturated heterocycles. The van der Waals surface area contributed by atoms with Crippen LogP contribution < -0.4 is 0 Å². The molecule has 0 bridgehead atoms. The Morgan fingerprint density at radius 3 is 2.40 bits per heavy atom. The van der Waals surface area contributed by atoms with Crippen LogP contribution in [-0.4, -0.2) is 42.1 Å². The molecule has 0 fully saturated rings. The molecule has 0 aliphatic rings. The highest BCUT2D eigenvalue weighted by molar-refractivity contribution is 5.66. The van der Waals surface area contributed by atoms with E-state index in [-0.39, 0.29) is 6.61 Å². The molecule has 0 rings (SSSR count). The van der Waals surface area contributed by atoms with Crippen molar-refractivity contribution in [2.24, 2.45) is 0 Å². The standard InChI is InChI=1S/C10H21NO4/c1-10(2,3)15-9(13)11(4)14-8-6-5-7-12/h12H,5-8H2,1-4H3. The molecule has 0 aliphatic heterocycles. The Labute approximate surface area is 90.9 Å². The number of hydroxylamine groups is 2. The lowest BCUT2D eigenvalue weighted by molar-refractivity contribution is -0.132. The Morgan fingerprint density at radius 1 is 1.33 bits per heavy atom. The molecule has 1 amide bonds. The van der Waals surface area contributed by atoms with Gasteiger partial charge in [0.1, 0.15) is 5.60 Å². The number of hydrogen-bond donors (Lipinski definition) is 1. The van der Waals surface area contributed by atoms with Gasteiger partial charge in [-0.2, -0.15) is 5.06 Å². The third-order valence-corrected chi connectivity index (χ3v) is 1.49. The molecule has 0 atom stereocenters. The van der Waals surface area contributed by atoms with E-state index in [0.717, 1.165) is 5.06 Å². The average molecular weight is 219 g/mol. The maximum absolute atomic E-state index is 11.4. The van der Waals surface area contributed by atoms with Crippen molar-refractivity contribution < 1.29 is 19.5 Å². The summed E-state index contributed by atoms with van der Waals surface area (Å²) < 4.78 is 5.07. The van der Waals surface area contributed by atoms with Gasteiger partial charge in [-0.3, -0.25) is 4.84 Å². The monoisotopic (exact) mass is 219 g/mol. The normalized spacial score (nSPS) is 11.3. The fourth-order valence-electron chi connectivity index (χ4n) is 0.794. The van der Waals surface area contributed by atoms with Crippen molar-refractivity contribution in [3.05, 3.63) is 0 Å². The van der Waals surface area contributed by atoms with Gasteiger partial charge < -0.3 is 9.84 Å². The summed E-state index contributed by atoms with van der Waals surface area (Å²) >= 11 is 0. The summed E-state index contributed by atoms with van der Waals surface area (Å²) in [5.41, 5.74) is -0.514. The maximum atomic E-state index is 11.4. The molecule has 15 heavy (non-hydrogen) atoms. The third kappa shape index (κ3) is 8.20. The topological polar surface area (TPSA) is 59.0 Å². The Bertz CT molecular complexity index is 188. The van der Waals surface area contributed by atoms with Gasteiger partial charge in [-0.1, -0.05) is 0 Å². The van der Waals surface area contributed by atoms with Crippen molar-refractivity contribution in [2.45, 2.75) is 39.2 Å². The van der Waals surface area contributed by atoms with Crippen LogP contribution in [-0.2, 0) is 9.57 Å². The molecule has 0 aliphatic carbocycles. The van der Waals surface area contributed by atoms with Crippen LogP contribution in [0.15, 0.2) is 0 Å². The van der Waals surface area contributed by atoms with Crippen LogP contribution in [0.4, 0.5) is 4.79 Å². The van der Waals surface area contributed by atoms with Gasteiger partial charge in [0.2, 0.25) is 0 Å². The predicted molar refractivity (Wildman–Crippen MR) is 56.3 cm³/mol. The minimum atomic E-state index is -0.514. The van der Waals surface area contributed by atoms with Gasteiger partial charge in [0.25, 0.3) is 0 Å². The lowest BCUT2D eigenvalue weighted by atomic mass is 10.2. The summed E-state index contributed by atoms with van der Waals surface area (Å²) in [4.78, 5) is 16.5. The van der Waals surface area contributed by atoms with Crippen LogP contribution >= 0.6 is 0 Å².